The molecule has 0 radical (unpaired) electrons. The summed E-state index contributed by atoms with van der Waals surface area (Å²) in [6.07, 6.45) is 0.472. The second kappa shape index (κ2) is 8.09. The lowest BCUT2D eigenvalue weighted by atomic mass is 10.2. The van der Waals surface area contributed by atoms with Gasteiger partial charge in [0.15, 0.2) is 15.7 Å². The first-order valence-electron chi connectivity index (χ1n) is 8.13. The van der Waals surface area contributed by atoms with Crippen LogP contribution in [0.1, 0.15) is 17.8 Å². The molecule has 1 aliphatic heterocycles. The van der Waals surface area contributed by atoms with E-state index in [2.05, 4.69) is 20.5 Å². The quantitative estimate of drug-likeness (QED) is 0.673. The highest BCUT2D eigenvalue weighted by Crippen LogP contribution is 2.18. The molecule has 0 unspecified atom stereocenters. The van der Waals surface area contributed by atoms with E-state index in [1.165, 1.54) is 11.8 Å². The SMILES string of the molecule is Cc1ccccc1OCc1nc(SCC(=O)N[C@@H]2CCS(=O)(=O)C2)n[nH]1. The van der Waals surface area contributed by atoms with Gasteiger partial charge >= 0.3 is 0 Å². The van der Waals surface area contributed by atoms with Gasteiger partial charge in [0.1, 0.15) is 12.4 Å². The molecule has 1 aliphatic rings. The van der Waals surface area contributed by atoms with Crippen LogP contribution in [0.15, 0.2) is 29.4 Å². The number of rotatable bonds is 7. The topological polar surface area (TPSA) is 114 Å². The Morgan fingerprint density at radius 2 is 2.23 bits per heavy atom. The smallest absolute Gasteiger partial charge is 0.230 e. The highest BCUT2D eigenvalue weighted by molar-refractivity contribution is 7.99. The predicted molar refractivity (Wildman–Crippen MR) is 97.8 cm³/mol. The Kier molecular flexibility index (Phi) is 5.82. The third kappa shape index (κ3) is 5.21. The zero-order valence-electron chi connectivity index (χ0n) is 14.3. The standard InChI is InChI=1S/C16H20N4O4S2/c1-11-4-2-3-5-13(11)24-8-14-18-16(20-19-14)25-9-15(21)17-12-6-7-26(22,23)10-12/h2-5,12H,6-10H2,1H3,(H,17,21)(H,18,19,20)/t12-/m1/s1. The number of carbonyl (C=O) groups excluding carboxylic acids is 1. The summed E-state index contributed by atoms with van der Waals surface area (Å²) in [4.78, 5) is 16.2. The van der Waals surface area contributed by atoms with Crippen molar-refractivity contribution in [1.29, 1.82) is 0 Å². The van der Waals surface area contributed by atoms with Gasteiger partial charge in [-0.15, -0.1) is 5.10 Å². The molecule has 2 aromatic rings. The number of hydrogen-bond acceptors (Lipinski definition) is 7. The Balaban J connectivity index is 1.43. The van der Waals surface area contributed by atoms with E-state index in [0.29, 0.717) is 17.4 Å². The van der Waals surface area contributed by atoms with E-state index in [9.17, 15) is 13.2 Å². The van der Waals surface area contributed by atoms with Crippen molar-refractivity contribution in [3.05, 3.63) is 35.7 Å². The Bertz CT molecular complexity index is 882. The number of nitrogens with one attached hydrogen (secondary N) is 2. The summed E-state index contributed by atoms with van der Waals surface area (Å²) in [7, 11) is -3.00. The van der Waals surface area contributed by atoms with E-state index in [1.54, 1.807) is 0 Å². The number of thioether (sulfide) groups is 1. The highest BCUT2D eigenvalue weighted by Gasteiger charge is 2.28. The normalized spacial score (nSPS) is 18.6. The summed E-state index contributed by atoms with van der Waals surface area (Å²) >= 11 is 1.19. The molecule has 1 amide bonds. The molecule has 0 spiro atoms. The lowest BCUT2D eigenvalue weighted by molar-refractivity contribution is -0.119. The van der Waals surface area contributed by atoms with Gasteiger partial charge in [-0.05, 0) is 25.0 Å². The van der Waals surface area contributed by atoms with Crippen LogP contribution >= 0.6 is 11.8 Å². The Morgan fingerprint density at radius 1 is 1.42 bits per heavy atom. The summed E-state index contributed by atoms with van der Waals surface area (Å²) < 4.78 is 28.5. The maximum Gasteiger partial charge on any atom is 0.230 e. The fourth-order valence-electron chi connectivity index (χ4n) is 2.58. The molecule has 0 bridgehead atoms. The number of H-pyrrole nitrogens is 1. The van der Waals surface area contributed by atoms with Crippen molar-refractivity contribution >= 4 is 27.5 Å². The molecule has 10 heteroatoms. The van der Waals surface area contributed by atoms with Gasteiger partial charge in [0.25, 0.3) is 0 Å². The van der Waals surface area contributed by atoms with E-state index in [4.69, 9.17) is 4.74 Å². The number of aryl methyl sites for hydroxylation is 1. The lowest BCUT2D eigenvalue weighted by Gasteiger charge is -2.09. The van der Waals surface area contributed by atoms with Gasteiger partial charge in [0.05, 0.1) is 17.3 Å². The lowest BCUT2D eigenvalue weighted by Crippen LogP contribution is -2.36. The number of para-hydroxylation sites is 1. The van der Waals surface area contributed by atoms with Gasteiger partial charge in [0.2, 0.25) is 11.1 Å². The molecule has 1 atom stereocenters. The Hall–Kier alpha value is -2.07. The van der Waals surface area contributed by atoms with E-state index >= 15 is 0 Å². The van der Waals surface area contributed by atoms with Crippen LogP contribution < -0.4 is 10.1 Å². The largest absolute Gasteiger partial charge is 0.485 e. The summed E-state index contributed by atoms with van der Waals surface area (Å²) in [5, 5.41) is 10.0. The maximum absolute atomic E-state index is 11.9. The second-order valence-electron chi connectivity index (χ2n) is 6.07. The predicted octanol–water partition coefficient (Wildman–Crippen LogP) is 1.09. The number of ether oxygens (including phenoxy) is 1. The first-order chi connectivity index (χ1) is 12.4. The molecular weight excluding hydrogens is 376 g/mol. The highest BCUT2D eigenvalue weighted by atomic mass is 32.2. The second-order valence-corrected chi connectivity index (χ2v) is 9.25. The van der Waals surface area contributed by atoms with Gasteiger partial charge in [0, 0.05) is 6.04 Å². The minimum atomic E-state index is -3.00. The third-order valence-corrected chi connectivity index (χ3v) is 6.51. The van der Waals surface area contributed by atoms with E-state index in [1.807, 2.05) is 31.2 Å². The Labute approximate surface area is 156 Å². The number of nitrogens with zero attached hydrogens (tertiary/aromatic N) is 2. The molecular formula is C16H20N4O4S2. The van der Waals surface area contributed by atoms with Crippen molar-refractivity contribution in [3.8, 4) is 5.75 Å². The van der Waals surface area contributed by atoms with Crippen molar-refractivity contribution in [2.75, 3.05) is 17.3 Å². The summed E-state index contributed by atoms with van der Waals surface area (Å²) in [5.41, 5.74) is 1.03. The molecule has 3 rings (SSSR count). The number of aromatic nitrogens is 3. The van der Waals surface area contributed by atoms with Crippen LogP contribution in [0, 0.1) is 6.92 Å². The number of hydrogen-bond donors (Lipinski definition) is 2. The molecule has 1 fully saturated rings. The molecule has 1 saturated heterocycles. The first kappa shape index (κ1) is 18.7. The van der Waals surface area contributed by atoms with Crippen LogP contribution in [0.25, 0.3) is 0 Å². The van der Waals surface area contributed by atoms with Crippen molar-refractivity contribution in [3.63, 3.8) is 0 Å². The van der Waals surface area contributed by atoms with Gasteiger partial charge < -0.3 is 10.1 Å². The number of benzene rings is 1. The van der Waals surface area contributed by atoms with Crippen LogP contribution in [-0.2, 0) is 21.2 Å². The van der Waals surface area contributed by atoms with Crippen molar-refractivity contribution < 1.29 is 17.9 Å². The first-order valence-corrected chi connectivity index (χ1v) is 10.9. The average Bonchev–Trinajstić information content (AvgIpc) is 3.18. The molecule has 1 aromatic heterocycles. The molecule has 2 heterocycles. The van der Waals surface area contributed by atoms with Crippen LogP contribution in [0.2, 0.25) is 0 Å². The van der Waals surface area contributed by atoms with E-state index in [-0.39, 0.29) is 35.8 Å². The van der Waals surface area contributed by atoms with Crippen LogP contribution in [0.4, 0.5) is 0 Å². The van der Waals surface area contributed by atoms with E-state index < -0.39 is 9.84 Å². The number of aromatic amines is 1. The van der Waals surface area contributed by atoms with Gasteiger partial charge in [-0.25, -0.2) is 13.4 Å². The molecule has 1 aromatic carbocycles. The third-order valence-electron chi connectivity index (χ3n) is 3.90. The summed E-state index contributed by atoms with van der Waals surface area (Å²) in [5.74, 6) is 1.41. The average molecular weight is 396 g/mol. The van der Waals surface area contributed by atoms with Crippen molar-refractivity contribution in [1.82, 2.24) is 20.5 Å². The molecule has 0 saturated carbocycles. The number of carbonyl (C=O) groups is 1. The van der Waals surface area contributed by atoms with Crippen molar-refractivity contribution in [2.24, 2.45) is 0 Å². The monoisotopic (exact) mass is 396 g/mol. The van der Waals surface area contributed by atoms with Crippen LogP contribution in [0.3, 0.4) is 0 Å². The molecule has 8 nitrogen and oxygen atoms in total. The van der Waals surface area contributed by atoms with Crippen LogP contribution in [0.5, 0.6) is 5.75 Å². The molecule has 26 heavy (non-hydrogen) atoms. The fourth-order valence-corrected chi connectivity index (χ4v) is 4.88. The maximum atomic E-state index is 11.9. The summed E-state index contributed by atoms with van der Waals surface area (Å²) in [6.45, 7) is 2.22. The molecule has 0 aliphatic carbocycles. The van der Waals surface area contributed by atoms with Gasteiger partial charge in [-0.1, -0.05) is 30.0 Å². The molecule has 140 valence electrons. The minimum Gasteiger partial charge on any atom is -0.485 e. The molecule has 2 N–H and O–H groups in total. The number of sulfone groups is 1. The minimum absolute atomic E-state index is 0.0183. The van der Waals surface area contributed by atoms with Gasteiger partial charge in [-0.3, -0.25) is 9.89 Å². The van der Waals surface area contributed by atoms with Gasteiger partial charge in [-0.2, -0.15) is 0 Å². The van der Waals surface area contributed by atoms with E-state index in [0.717, 1.165) is 11.3 Å². The zero-order chi connectivity index (χ0) is 18.6. The fraction of sp³-hybridized carbons (Fsp3) is 0.438. The summed E-state index contributed by atoms with van der Waals surface area (Å²) in [6, 6.07) is 7.40. The van der Waals surface area contributed by atoms with Crippen LogP contribution in [-0.4, -0.2) is 52.8 Å². The van der Waals surface area contributed by atoms with Crippen molar-refractivity contribution in [2.45, 2.75) is 31.1 Å². The Morgan fingerprint density at radius 3 is 2.96 bits per heavy atom. The zero-order valence-corrected chi connectivity index (χ0v) is 15.9. The number of amides is 1.